The summed E-state index contributed by atoms with van der Waals surface area (Å²) in [7, 11) is 2.00. The average molecular weight is 331 g/mol. The molecule has 1 aromatic rings. The average Bonchev–Trinajstić information content (AvgIpc) is 3.13. The van der Waals surface area contributed by atoms with E-state index in [1.165, 1.54) is 22.2 Å². The van der Waals surface area contributed by atoms with Gasteiger partial charge in [0, 0.05) is 28.5 Å². The van der Waals surface area contributed by atoms with Crippen LogP contribution in [0.5, 0.6) is 0 Å². The van der Waals surface area contributed by atoms with E-state index in [0.717, 1.165) is 25.7 Å². The Balaban J connectivity index is 1.88. The number of likely N-dealkylation sites (N-methyl/N-ethyl adjacent to an activating group) is 1. The van der Waals surface area contributed by atoms with Gasteiger partial charge in [0.05, 0.1) is 18.8 Å². The maximum absolute atomic E-state index is 6.00. The highest BCUT2D eigenvalue weighted by atomic mass is 79.9. The third-order valence-corrected chi connectivity index (χ3v) is 5.67. The third kappa shape index (κ3) is 2.51. The smallest absolute Gasteiger partial charge is 0.0904 e. The van der Waals surface area contributed by atoms with Gasteiger partial charge in [-0.2, -0.15) is 0 Å². The lowest BCUT2D eigenvalue weighted by Gasteiger charge is -2.41. The molecule has 1 aliphatic carbocycles. The van der Waals surface area contributed by atoms with Crippen molar-refractivity contribution in [1.82, 2.24) is 10.2 Å². The Kier molecular flexibility index (Phi) is 4.06. The van der Waals surface area contributed by atoms with E-state index in [2.05, 4.69) is 37.6 Å². The van der Waals surface area contributed by atoms with Crippen LogP contribution in [0.4, 0.5) is 0 Å². The molecular weight excluding hydrogens is 312 g/mol. The number of halogens is 1. The van der Waals surface area contributed by atoms with Gasteiger partial charge >= 0.3 is 0 Å². The van der Waals surface area contributed by atoms with Gasteiger partial charge in [0.1, 0.15) is 0 Å². The minimum atomic E-state index is 0.263. The standard InChI is InChI=1S/C13H19BrN2OS/c1-15-8-11-12(13-10(14)4-7-18-13)16(5-6-17-11)9-2-3-9/h4,7,9,11-12,15H,2-3,5-6,8H2,1H3. The minimum absolute atomic E-state index is 0.263. The molecular formula is C13H19BrN2OS. The summed E-state index contributed by atoms with van der Waals surface area (Å²) in [5.74, 6) is 0. The molecule has 1 saturated carbocycles. The molecule has 2 atom stereocenters. The molecule has 1 N–H and O–H groups in total. The van der Waals surface area contributed by atoms with Gasteiger partial charge in [-0.25, -0.2) is 0 Å². The molecule has 3 nitrogen and oxygen atoms in total. The van der Waals surface area contributed by atoms with Gasteiger partial charge < -0.3 is 10.1 Å². The number of ether oxygens (including phenoxy) is 1. The summed E-state index contributed by atoms with van der Waals surface area (Å²) in [4.78, 5) is 4.07. The zero-order chi connectivity index (χ0) is 12.5. The number of hydrogen-bond acceptors (Lipinski definition) is 4. The van der Waals surface area contributed by atoms with Crippen LogP contribution in [0, 0.1) is 0 Å². The molecule has 0 amide bonds. The van der Waals surface area contributed by atoms with Gasteiger partial charge in [0.2, 0.25) is 0 Å². The third-order valence-electron chi connectivity index (χ3n) is 3.73. The minimum Gasteiger partial charge on any atom is -0.374 e. The summed E-state index contributed by atoms with van der Waals surface area (Å²) in [6.45, 7) is 2.85. The first-order valence-corrected chi connectivity index (χ1v) is 8.23. The van der Waals surface area contributed by atoms with Crippen LogP contribution in [0.15, 0.2) is 15.9 Å². The second-order valence-electron chi connectivity index (χ2n) is 5.01. The number of nitrogens with zero attached hydrogens (tertiary/aromatic N) is 1. The highest BCUT2D eigenvalue weighted by Gasteiger charge is 2.42. The first-order valence-electron chi connectivity index (χ1n) is 6.56. The molecule has 18 heavy (non-hydrogen) atoms. The Morgan fingerprint density at radius 2 is 2.39 bits per heavy atom. The maximum atomic E-state index is 6.00. The van der Waals surface area contributed by atoms with E-state index in [-0.39, 0.29) is 6.10 Å². The molecule has 1 aliphatic heterocycles. The fourth-order valence-corrected chi connectivity index (χ4v) is 4.56. The lowest BCUT2D eigenvalue weighted by atomic mass is 10.0. The van der Waals surface area contributed by atoms with E-state index < -0.39 is 0 Å². The molecule has 2 heterocycles. The van der Waals surface area contributed by atoms with E-state index in [1.54, 1.807) is 0 Å². The Morgan fingerprint density at radius 3 is 3.00 bits per heavy atom. The van der Waals surface area contributed by atoms with Crippen LogP contribution in [-0.4, -0.2) is 43.8 Å². The molecule has 0 spiro atoms. The van der Waals surface area contributed by atoms with Crippen molar-refractivity contribution >= 4 is 27.3 Å². The van der Waals surface area contributed by atoms with Gasteiger partial charge in [-0.3, -0.25) is 4.90 Å². The molecule has 3 rings (SSSR count). The van der Waals surface area contributed by atoms with Crippen molar-refractivity contribution in [1.29, 1.82) is 0 Å². The molecule has 5 heteroatoms. The highest BCUT2D eigenvalue weighted by molar-refractivity contribution is 9.10. The van der Waals surface area contributed by atoms with E-state index in [1.807, 2.05) is 18.4 Å². The maximum Gasteiger partial charge on any atom is 0.0904 e. The summed E-state index contributed by atoms with van der Waals surface area (Å²) in [5.41, 5.74) is 0. The molecule has 1 saturated heterocycles. The first kappa shape index (κ1) is 13.1. The first-order chi connectivity index (χ1) is 8.81. The van der Waals surface area contributed by atoms with Gasteiger partial charge in [-0.15, -0.1) is 11.3 Å². The van der Waals surface area contributed by atoms with E-state index in [4.69, 9.17) is 4.74 Å². The molecule has 0 radical (unpaired) electrons. The summed E-state index contributed by atoms with van der Waals surface area (Å²) < 4.78 is 7.23. The summed E-state index contributed by atoms with van der Waals surface area (Å²) in [5, 5.41) is 5.43. The van der Waals surface area contributed by atoms with Crippen molar-refractivity contribution < 1.29 is 4.74 Å². The van der Waals surface area contributed by atoms with Crippen LogP contribution in [-0.2, 0) is 4.74 Å². The molecule has 1 aromatic heterocycles. The molecule has 0 aromatic carbocycles. The van der Waals surface area contributed by atoms with Gasteiger partial charge in [-0.05, 0) is 47.3 Å². The predicted molar refractivity (Wildman–Crippen MR) is 78.2 cm³/mol. The van der Waals surface area contributed by atoms with Gasteiger partial charge in [-0.1, -0.05) is 0 Å². The molecule has 0 bridgehead atoms. The molecule has 2 aliphatic rings. The van der Waals surface area contributed by atoms with Crippen molar-refractivity contribution in [3.63, 3.8) is 0 Å². The SMILES string of the molecule is CNCC1OCCN(C2CC2)C1c1sccc1Br. The van der Waals surface area contributed by atoms with Crippen molar-refractivity contribution in [3.8, 4) is 0 Å². The monoisotopic (exact) mass is 330 g/mol. The fourth-order valence-electron chi connectivity index (χ4n) is 2.78. The van der Waals surface area contributed by atoms with Crippen LogP contribution >= 0.6 is 27.3 Å². The van der Waals surface area contributed by atoms with Crippen LogP contribution < -0.4 is 5.32 Å². The summed E-state index contributed by atoms with van der Waals surface area (Å²) in [6.07, 6.45) is 2.97. The number of rotatable bonds is 4. The zero-order valence-electron chi connectivity index (χ0n) is 10.6. The zero-order valence-corrected chi connectivity index (χ0v) is 13.0. The lowest BCUT2D eigenvalue weighted by molar-refractivity contribution is -0.0730. The van der Waals surface area contributed by atoms with E-state index >= 15 is 0 Å². The Hall–Kier alpha value is 0.0600. The van der Waals surface area contributed by atoms with Crippen molar-refractivity contribution in [2.45, 2.75) is 31.0 Å². The quantitative estimate of drug-likeness (QED) is 0.918. The lowest BCUT2D eigenvalue weighted by Crippen LogP contribution is -2.49. The van der Waals surface area contributed by atoms with Gasteiger partial charge in [0.15, 0.2) is 0 Å². The van der Waals surface area contributed by atoms with Crippen molar-refractivity contribution in [2.75, 3.05) is 26.7 Å². The van der Waals surface area contributed by atoms with E-state index in [0.29, 0.717) is 6.04 Å². The summed E-state index contributed by atoms with van der Waals surface area (Å²) >= 11 is 5.52. The molecule has 2 unspecified atom stereocenters. The normalized spacial score (nSPS) is 29.7. The van der Waals surface area contributed by atoms with Crippen molar-refractivity contribution in [2.24, 2.45) is 0 Å². The largest absolute Gasteiger partial charge is 0.374 e. The van der Waals surface area contributed by atoms with Gasteiger partial charge in [0.25, 0.3) is 0 Å². The Bertz CT molecular complexity index is 405. The number of thiophene rings is 1. The number of nitrogens with one attached hydrogen (secondary N) is 1. The second-order valence-corrected chi connectivity index (χ2v) is 6.82. The Morgan fingerprint density at radius 1 is 1.56 bits per heavy atom. The van der Waals surface area contributed by atoms with E-state index in [9.17, 15) is 0 Å². The summed E-state index contributed by atoms with van der Waals surface area (Å²) in [6, 6.07) is 3.34. The van der Waals surface area contributed by atoms with Crippen LogP contribution in [0.3, 0.4) is 0 Å². The second kappa shape index (κ2) is 5.59. The number of morpholine rings is 1. The Labute approximate surface area is 121 Å². The van der Waals surface area contributed by atoms with Crippen molar-refractivity contribution in [3.05, 3.63) is 20.8 Å². The fraction of sp³-hybridized carbons (Fsp3) is 0.692. The predicted octanol–water partition coefficient (Wildman–Crippen LogP) is 2.63. The number of hydrogen-bond donors (Lipinski definition) is 1. The van der Waals surface area contributed by atoms with Crippen LogP contribution in [0.2, 0.25) is 0 Å². The topological polar surface area (TPSA) is 24.5 Å². The van der Waals surface area contributed by atoms with Crippen LogP contribution in [0.1, 0.15) is 23.8 Å². The molecule has 100 valence electrons. The highest BCUT2D eigenvalue weighted by Crippen LogP contribution is 2.42. The molecule has 2 fully saturated rings. The van der Waals surface area contributed by atoms with Crippen LogP contribution in [0.25, 0.3) is 0 Å².